The second-order valence-corrected chi connectivity index (χ2v) is 6.20. The first-order valence-corrected chi connectivity index (χ1v) is 8.38. The number of nitrogens with zero attached hydrogens (tertiary/aromatic N) is 2. The maximum absolute atomic E-state index is 11.0. The van der Waals surface area contributed by atoms with E-state index >= 15 is 0 Å². The highest BCUT2D eigenvalue weighted by atomic mass is 32.2. The van der Waals surface area contributed by atoms with Crippen LogP contribution in [0, 0.1) is 0 Å². The molecular formula is C13H25N3OS. The predicted molar refractivity (Wildman–Crippen MR) is 77.1 cm³/mol. The molecule has 0 bridgehead atoms. The van der Waals surface area contributed by atoms with Gasteiger partial charge in [0.05, 0.1) is 11.4 Å². The smallest absolute Gasteiger partial charge is 0.0625 e. The van der Waals surface area contributed by atoms with Gasteiger partial charge in [0.15, 0.2) is 0 Å². The van der Waals surface area contributed by atoms with E-state index in [1.165, 1.54) is 5.69 Å². The first kappa shape index (κ1) is 15.4. The highest BCUT2D eigenvalue weighted by Crippen LogP contribution is 2.06. The average molecular weight is 271 g/mol. The molecule has 2 unspecified atom stereocenters. The third kappa shape index (κ3) is 4.90. The third-order valence-electron chi connectivity index (χ3n) is 3.05. The molecule has 0 saturated heterocycles. The van der Waals surface area contributed by atoms with E-state index in [1.54, 1.807) is 6.26 Å². The van der Waals surface area contributed by atoms with Crippen LogP contribution in [0.5, 0.6) is 0 Å². The Morgan fingerprint density at radius 1 is 1.50 bits per heavy atom. The van der Waals surface area contributed by atoms with Gasteiger partial charge in [0.25, 0.3) is 0 Å². The normalized spacial score (nSPS) is 14.7. The molecule has 0 aliphatic carbocycles. The van der Waals surface area contributed by atoms with E-state index < -0.39 is 10.8 Å². The molecule has 0 aliphatic rings. The highest BCUT2D eigenvalue weighted by Gasteiger charge is 2.08. The topological polar surface area (TPSA) is 46.9 Å². The van der Waals surface area contributed by atoms with E-state index in [9.17, 15) is 4.21 Å². The summed E-state index contributed by atoms with van der Waals surface area (Å²) in [7, 11) is -0.695. The Balaban J connectivity index is 2.46. The molecule has 18 heavy (non-hydrogen) atoms. The lowest BCUT2D eigenvalue weighted by Crippen LogP contribution is -2.28. The number of aromatic nitrogens is 2. The van der Waals surface area contributed by atoms with Gasteiger partial charge in [-0.25, -0.2) is 0 Å². The minimum Gasteiger partial charge on any atom is -0.309 e. The van der Waals surface area contributed by atoms with Gasteiger partial charge < -0.3 is 5.32 Å². The van der Waals surface area contributed by atoms with Crippen molar-refractivity contribution in [3.63, 3.8) is 0 Å². The Hall–Kier alpha value is -0.680. The fourth-order valence-electron chi connectivity index (χ4n) is 1.83. The van der Waals surface area contributed by atoms with Crippen molar-refractivity contribution >= 4 is 10.8 Å². The molecule has 1 aromatic heterocycles. The molecule has 0 amide bonds. The summed E-state index contributed by atoms with van der Waals surface area (Å²) < 4.78 is 13.1. The van der Waals surface area contributed by atoms with E-state index in [0.29, 0.717) is 6.04 Å². The molecule has 4 nitrogen and oxygen atoms in total. The van der Waals surface area contributed by atoms with Crippen molar-refractivity contribution in [2.45, 2.75) is 52.7 Å². The SMILES string of the molecule is CCc1cc(CNC(C)CCS(C)=O)n(CC)n1. The highest BCUT2D eigenvalue weighted by molar-refractivity contribution is 7.84. The van der Waals surface area contributed by atoms with Gasteiger partial charge in [0, 0.05) is 41.9 Å². The Morgan fingerprint density at radius 2 is 2.22 bits per heavy atom. The van der Waals surface area contributed by atoms with Gasteiger partial charge in [-0.3, -0.25) is 8.89 Å². The minimum absolute atomic E-state index is 0.388. The van der Waals surface area contributed by atoms with E-state index in [4.69, 9.17) is 0 Å². The first-order chi connectivity index (χ1) is 8.56. The van der Waals surface area contributed by atoms with E-state index in [0.717, 1.165) is 37.4 Å². The fraction of sp³-hybridized carbons (Fsp3) is 0.769. The van der Waals surface area contributed by atoms with Crippen molar-refractivity contribution in [2.24, 2.45) is 0 Å². The summed E-state index contributed by atoms with van der Waals surface area (Å²) in [5, 5.41) is 8.00. The third-order valence-corrected chi connectivity index (χ3v) is 3.86. The molecule has 0 aliphatic heterocycles. The number of hydrogen-bond acceptors (Lipinski definition) is 3. The lowest BCUT2D eigenvalue weighted by Gasteiger charge is -2.13. The van der Waals surface area contributed by atoms with Crippen molar-refractivity contribution in [1.82, 2.24) is 15.1 Å². The maximum Gasteiger partial charge on any atom is 0.0625 e. The molecule has 2 atom stereocenters. The van der Waals surface area contributed by atoms with Gasteiger partial charge in [0.1, 0.15) is 0 Å². The van der Waals surface area contributed by atoms with Crippen LogP contribution in [0.25, 0.3) is 0 Å². The molecule has 0 saturated carbocycles. The molecule has 0 aromatic carbocycles. The van der Waals surface area contributed by atoms with Crippen LogP contribution in [0.1, 0.15) is 38.6 Å². The number of hydrogen-bond donors (Lipinski definition) is 1. The van der Waals surface area contributed by atoms with Crippen molar-refractivity contribution in [1.29, 1.82) is 0 Å². The van der Waals surface area contributed by atoms with Crippen molar-refractivity contribution in [2.75, 3.05) is 12.0 Å². The van der Waals surface area contributed by atoms with Gasteiger partial charge in [-0.05, 0) is 32.8 Å². The van der Waals surface area contributed by atoms with Gasteiger partial charge in [-0.2, -0.15) is 5.10 Å². The Bertz CT molecular complexity index is 390. The van der Waals surface area contributed by atoms with E-state index in [2.05, 4.69) is 41.9 Å². The summed E-state index contributed by atoms with van der Waals surface area (Å²) in [6.45, 7) is 8.11. The van der Waals surface area contributed by atoms with Crippen molar-refractivity contribution < 1.29 is 4.21 Å². The van der Waals surface area contributed by atoms with Crippen LogP contribution in [0.3, 0.4) is 0 Å². The quantitative estimate of drug-likeness (QED) is 0.783. The second-order valence-electron chi connectivity index (χ2n) is 4.64. The monoisotopic (exact) mass is 271 g/mol. The summed E-state index contributed by atoms with van der Waals surface area (Å²) in [6, 6.07) is 2.56. The summed E-state index contributed by atoms with van der Waals surface area (Å²) >= 11 is 0. The van der Waals surface area contributed by atoms with E-state index in [1.807, 2.05) is 0 Å². The van der Waals surface area contributed by atoms with Crippen molar-refractivity contribution in [3.05, 3.63) is 17.5 Å². The molecule has 1 N–H and O–H groups in total. The maximum atomic E-state index is 11.0. The zero-order chi connectivity index (χ0) is 13.5. The summed E-state index contributed by atoms with van der Waals surface area (Å²) in [5.41, 5.74) is 2.38. The Morgan fingerprint density at radius 3 is 2.78 bits per heavy atom. The van der Waals surface area contributed by atoms with Gasteiger partial charge >= 0.3 is 0 Å². The fourth-order valence-corrected chi connectivity index (χ4v) is 2.51. The summed E-state index contributed by atoms with van der Waals surface area (Å²) in [4.78, 5) is 0. The molecule has 104 valence electrons. The van der Waals surface area contributed by atoms with Crippen LogP contribution in [-0.2, 0) is 30.3 Å². The predicted octanol–water partition coefficient (Wildman–Crippen LogP) is 1.71. The largest absolute Gasteiger partial charge is 0.309 e. The first-order valence-electron chi connectivity index (χ1n) is 6.65. The van der Waals surface area contributed by atoms with Crippen LogP contribution < -0.4 is 5.32 Å². The van der Waals surface area contributed by atoms with Gasteiger partial charge in [-0.1, -0.05) is 6.92 Å². The number of rotatable bonds is 8. The zero-order valence-corrected chi connectivity index (χ0v) is 12.7. The van der Waals surface area contributed by atoms with Crippen LogP contribution in [-0.4, -0.2) is 32.0 Å². The molecule has 1 heterocycles. The molecule has 1 rings (SSSR count). The standard InChI is InChI=1S/C13H25N3OS/c1-5-12-9-13(16(6-2)15-12)10-14-11(3)7-8-18(4)17/h9,11,14H,5-8,10H2,1-4H3. The Labute approximate surface area is 113 Å². The molecule has 0 radical (unpaired) electrons. The Kier molecular flexibility index (Phi) is 6.57. The molecule has 1 aromatic rings. The van der Waals surface area contributed by atoms with E-state index in [-0.39, 0.29) is 0 Å². The number of nitrogens with one attached hydrogen (secondary N) is 1. The summed E-state index contributed by atoms with van der Waals surface area (Å²) in [5.74, 6) is 0.765. The lowest BCUT2D eigenvalue weighted by atomic mass is 10.2. The number of aryl methyl sites for hydroxylation is 2. The van der Waals surface area contributed by atoms with Gasteiger partial charge in [0.2, 0.25) is 0 Å². The second kappa shape index (κ2) is 7.69. The van der Waals surface area contributed by atoms with Gasteiger partial charge in [-0.15, -0.1) is 0 Å². The summed E-state index contributed by atoms with van der Waals surface area (Å²) in [6.07, 6.45) is 3.68. The van der Waals surface area contributed by atoms with Crippen LogP contribution in [0.2, 0.25) is 0 Å². The lowest BCUT2D eigenvalue weighted by molar-refractivity contribution is 0.506. The van der Waals surface area contributed by atoms with Crippen molar-refractivity contribution in [3.8, 4) is 0 Å². The average Bonchev–Trinajstić information content (AvgIpc) is 2.76. The molecule has 0 fully saturated rings. The van der Waals surface area contributed by atoms with Crippen LogP contribution >= 0.6 is 0 Å². The van der Waals surface area contributed by atoms with Crippen LogP contribution in [0.15, 0.2) is 6.07 Å². The minimum atomic E-state index is -0.695. The molecule has 0 spiro atoms. The van der Waals surface area contributed by atoms with Crippen LogP contribution in [0.4, 0.5) is 0 Å². The zero-order valence-electron chi connectivity index (χ0n) is 11.9. The molecule has 5 heteroatoms. The molecular weight excluding hydrogens is 246 g/mol.